The van der Waals surface area contributed by atoms with E-state index >= 15 is 0 Å². The predicted octanol–water partition coefficient (Wildman–Crippen LogP) is 2.15. The van der Waals surface area contributed by atoms with Crippen molar-refractivity contribution in [1.29, 1.82) is 0 Å². The fourth-order valence-corrected chi connectivity index (χ4v) is 3.14. The van der Waals surface area contributed by atoms with Gasteiger partial charge in [-0.05, 0) is 30.7 Å². The van der Waals surface area contributed by atoms with Crippen LogP contribution in [0, 0.1) is 0 Å². The average Bonchev–Trinajstić information content (AvgIpc) is 3.08. The van der Waals surface area contributed by atoms with Gasteiger partial charge in [-0.25, -0.2) is 9.59 Å². The molecular formula is C17H21BrO7. The quantitative estimate of drug-likeness (QED) is 0.518. The molecule has 0 aliphatic carbocycles. The third-order valence-corrected chi connectivity index (χ3v) is 5.26. The van der Waals surface area contributed by atoms with Crippen molar-refractivity contribution >= 4 is 27.9 Å². The molecule has 8 heteroatoms. The lowest BCUT2D eigenvalue weighted by Crippen LogP contribution is -2.38. The molecule has 0 saturated carbocycles. The highest BCUT2D eigenvalue weighted by molar-refractivity contribution is 9.09. The van der Waals surface area contributed by atoms with Gasteiger partial charge in [-0.1, -0.05) is 22.9 Å². The molecule has 0 unspecified atom stereocenters. The largest absolute Gasteiger partial charge is 0.497 e. The Balaban J connectivity index is 2.49. The lowest BCUT2D eigenvalue weighted by molar-refractivity contribution is -0.194. The molecular weight excluding hydrogens is 396 g/mol. The Morgan fingerprint density at radius 3 is 1.92 bits per heavy atom. The second-order valence-corrected chi connectivity index (χ2v) is 6.50. The van der Waals surface area contributed by atoms with E-state index < -0.39 is 29.9 Å². The molecule has 138 valence electrons. The van der Waals surface area contributed by atoms with Crippen molar-refractivity contribution in [3.05, 3.63) is 29.8 Å². The Morgan fingerprint density at radius 2 is 1.56 bits per heavy atom. The van der Waals surface area contributed by atoms with Crippen LogP contribution >= 0.6 is 15.9 Å². The molecule has 0 amide bonds. The molecule has 0 spiro atoms. The SMILES string of the molecule is CC[C@H](Br)C1(c2ccc(OC)cc2)O[C@@H](C(=O)OC)[C@H](C(=O)OC)O1. The molecule has 1 aromatic carbocycles. The molecule has 0 radical (unpaired) electrons. The van der Waals surface area contributed by atoms with E-state index in [0.717, 1.165) is 0 Å². The molecule has 2 rings (SSSR count). The van der Waals surface area contributed by atoms with Crippen LogP contribution in [0.1, 0.15) is 18.9 Å². The molecule has 25 heavy (non-hydrogen) atoms. The number of ether oxygens (including phenoxy) is 5. The second-order valence-electron chi connectivity index (χ2n) is 5.40. The summed E-state index contributed by atoms with van der Waals surface area (Å²) in [5.41, 5.74) is 0.636. The van der Waals surface area contributed by atoms with Crippen LogP contribution in [0.5, 0.6) is 5.75 Å². The van der Waals surface area contributed by atoms with E-state index in [9.17, 15) is 9.59 Å². The highest BCUT2D eigenvalue weighted by atomic mass is 79.9. The van der Waals surface area contributed by atoms with E-state index in [2.05, 4.69) is 15.9 Å². The van der Waals surface area contributed by atoms with Crippen molar-refractivity contribution in [2.45, 2.75) is 36.2 Å². The van der Waals surface area contributed by atoms with Crippen LogP contribution in [0.3, 0.4) is 0 Å². The van der Waals surface area contributed by atoms with Gasteiger partial charge in [-0.3, -0.25) is 0 Å². The number of carbonyl (C=O) groups excluding carboxylic acids is 2. The van der Waals surface area contributed by atoms with Gasteiger partial charge in [-0.2, -0.15) is 0 Å². The zero-order valence-electron chi connectivity index (χ0n) is 14.5. The highest BCUT2D eigenvalue weighted by Crippen LogP contribution is 2.45. The van der Waals surface area contributed by atoms with Crippen molar-refractivity contribution < 1.29 is 33.3 Å². The van der Waals surface area contributed by atoms with E-state index in [1.807, 2.05) is 6.92 Å². The Hall–Kier alpha value is -1.64. The summed E-state index contributed by atoms with van der Waals surface area (Å²) < 4.78 is 26.6. The van der Waals surface area contributed by atoms with Gasteiger partial charge < -0.3 is 23.7 Å². The first-order valence-electron chi connectivity index (χ1n) is 7.73. The van der Waals surface area contributed by atoms with E-state index in [4.69, 9.17) is 23.7 Å². The first-order chi connectivity index (χ1) is 11.9. The minimum Gasteiger partial charge on any atom is -0.497 e. The Labute approximate surface area is 154 Å². The molecule has 0 N–H and O–H groups in total. The number of methoxy groups -OCH3 is 3. The van der Waals surface area contributed by atoms with Crippen LogP contribution in [0.2, 0.25) is 0 Å². The zero-order chi connectivity index (χ0) is 18.6. The maximum atomic E-state index is 12.1. The summed E-state index contributed by atoms with van der Waals surface area (Å²) in [6.45, 7) is 1.93. The van der Waals surface area contributed by atoms with Crippen LogP contribution in [-0.2, 0) is 34.3 Å². The van der Waals surface area contributed by atoms with E-state index in [1.54, 1.807) is 31.4 Å². The van der Waals surface area contributed by atoms with Crippen molar-refractivity contribution in [3.63, 3.8) is 0 Å². The summed E-state index contributed by atoms with van der Waals surface area (Å²) in [7, 11) is 4.00. The molecule has 1 aliphatic rings. The number of hydrogen-bond acceptors (Lipinski definition) is 7. The minimum absolute atomic E-state index is 0.324. The van der Waals surface area contributed by atoms with Crippen molar-refractivity contribution in [2.24, 2.45) is 0 Å². The molecule has 0 aromatic heterocycles. The van der Waals surface area contributed by atoms with Gasteiger partial charge >= 0.3 is 11.9 Å². The monoisotopic (exact) mass is 416 g/mol. The van der Waals surface area contributed by atoms with Crippen LogP contribution in [0.4, 0.5) is 0 Å². The van der Waals surface area contributed by atoms with Gasteiger partial charge in [0.15, 0.2) is 12.2 Å². The summed E-state index contributed by atoms with van der Waals surface area (Å²) in [5.74, 6) is -2.10. The average molecular weight is 417 g/mol. The van der Waals surface area contributed by atoms with E-state index in [0.29, 0.717) is 17.7 Å². The summed E-state index contributed by atoms with van der Waals surface area (Å²) in [5, 5.41) is 0. The number of halogens is 1. The van der Waals surface area contributed by atoms with Crippen molar-refractivity contribution in [3.8, 4) is 5.75 Å². The molecule has 1 aliphatic heterocycles. The van der Waals surface area contributed by atoms with Gasteiger partial charge in [0.2, 0.25) is 5.79 Å². The lowest BCUT2D eigenvalue weighted by atomic mass is 10.0. The van der Waals surface area contributed by atoms with Gasteiger partial charge in [0.25, 0.3) is 0 Å². The van der Waals surface area contributed by atoms with Gasteiger partial charge in [0.1, 0.15) is 5.75 Å². The third-order valence-electron chi connectivity index (χ3n) is 4.01. The molecule has 1 saturated heterocycles. The van der Waals surface area contributed by atoms with Gasteiger partial charge in [-0.15, -0.1) is 0 Å². The normalized spacial score (nSPS) is 22.9. The maximum absolute atomic E-state index is 12.1. The Morgan fingerprint density at radius 1 is 1.08 bits per heavy atom. The topological polar surface area (TPSA) is 80.3 Å². The summed E-state index contributed by atoms with van der Waals surface area (Å²) >= 11 is 3.54. The molecule has 1 heterocycles. The lowest BCUT2D eigenvalue weighted by Gasteiger charge is -2.32. The first kappa shape index (κ1) is 19.7. The first-order valence-corrected chi connectivity index (χ1v) is 8.64. The number of rotatable bonds is 6. The summed E-state index contributed by atoms with van der Waals surface area (Å²) in [6, 6.07) is 7.02. The summed E-state index contributed by atoms with van der Waals surface area (Å²) in [4.78, 5) is 23.9. The number of carbonyl (C=O) groups is 2. The summed E-state index contributed by atoms with van der Waals surface area (Å²) in [6.07, 6.45) is -1.84. The van der Waals surface area contributed by atoms with Crippen LogP contribution in [0.15, 0.2) is 24.3 Å². The Kier molecular flexibility index (Phi) is 6.42. The van der Waals surface area contributed by atoms with Crippen LogP contribution in [-0.4, -0.2) is 50.3 Å². The van der Waals surface area contributed by atoms with E-state index in [1.165, 1.54) is 14.2 Å². The fraction of sp³-hybridized carbons (Fsp3) is 0.529. The number of esters is 2. The predicted molar refractivity (Wildman–Crippen MR) is 91.5 cm³/mol. The molecule has 1 aromatic rings. The van der Waals surface area contributed by atoms with Crippen LogP contribution < -0.4 is 4.74 Å². The smallest absolute Gasteiger partial charge is 0.338 e. The molecule has 3 atom stereocenters. The number of hydrogen-bond donors (Lipinski definition) is 0. The molecule has 1 fully saturated rings. The van der Waals surface area contributed by atoms with Crippen molar-refractivity contribution in [1.82, 2.24) is 0 Å². The second kappa shape index (κ2) is 8.16. The maximum Gasteiger partial charge on any atom is 0.338 e. The van der Waals surface area contributed by atoms with Crippen molar-refractivity contribution in [2.75, 3.05) is 21.3 Å². The minimum atomic E-state index is -1.35. The zero-order valence-corrected chi connectivity index (χ0v) is 16.1. The fourth-order valence-electron chi connectivity index (χ4n) is 2.66. The Bertz CT molecular complexity index is 592. The number of benzene rings is 1. The van der Waals surface area contributed by atoms with Crippen LogP contribution in [0.25, 0.3) is 0 Å². The third kappa shape index (κ3) is 3.65. The standard InChI is InChI=1S/C17H21BrO7/c1-5-12(18)17(10-6-8-11(21-2)9-7-10)24-13(15(19)22-3)14(25-17)16(20)23-4/h6-9,12-14H,5H2,1-4H3/t12-,13+,14+/m0/s1. The highest BCUT2D eigenvalue weighted by Gasteiger charge is 2.58. The van der Waals surface area contributed by atoms with Gasteiger partial charge in [0.05, 0.1) is 26.2 Å². The number of alkyl halides is 1. The van der Waals surface area contributed by atoms with E-state index in [-0.39, 0.29) is 4.83 Å². The molecule has 0 bridgehead atoms. The van der Waals surface area contributed by atoms with Gasteiger partial charge in [0, 0.05) is 5.56 Å². The molecule has 7 nitrogen and oxygen atoms in total.